The molecule has 3 aromatic heterocycles. The number of aryl methyl sites for hydroxylation is 1. The molecule has 98 valence electrons. The molecule has 0 aromatic carbocycles. The van der Waals surface area contributed by atoms with Gasteiger partial charge in [-0.3, -0.25) is 0 Å². The number of hydrogen-bond donors (Lipinski definition) is 1. The smallest absolute Gasteiger partial charge is 0.225 e. The Balaban J connectivity index is 1.79. The zero-order chi connectivity index (χ0) is 13.2. The van der Waals surface area contributed by atoms with Gasteiger partial charge in [-0.05, 0) is 24.6 Å². The van der Waals surface area contributed by atoms with Crippen molar-refractivity contribution in [2.75, 3.05) is 11.9 Å². The fourth-order valence-corrected chi connectivity index (χ4v) is 2.97. The molecule has 0 radical (unpaired) electrons. The molecule has 0 fully saturated rings. The van der Waals surface area contributed by atoms with Crippen LogP contribution >= 0.6 is 22.9 Å². The van der Waals surface area contributed by atoms with E-state index in [1.807, 2.05) is 10.8 Å². The summed E-state index contributed by atoms with van der Waals surface area (Å²) in [7, 11) is 0. The Labute approximate surface area is 119 Å². The molecule has 0 unspecified atom stereocenters. The number of fused-ring (bicyclic) bond motifs is 1. The predicted molar refractivity (Wildman–Crippen MR) is 77.9 cm³/mol. The van der Waals surface area contributed by atoms with Gasteiger partial charge in [0.15, 0.2) is 0 Å². The van der Waals surface area contributed by atoms with Crippen molar-refractivity contribution in [2.24, 2.45) is 0 Å². The molecule has 0 aliphatic carbocycles. The molecule has 0 amide bonds. The molecule has 7 heteroatoms. The summed E-state index contributed by atoms with van der Waals surface area (Å²) in [6.45, 7) is 3.63. The van der Waals surface area contributed by atoms with Crippen LogP contribution in [0.4, 0.5) is 5.82 Å². The highest BCUT2D eigenvalue weighted by Crippen LogP contribution is 2.29. The van der Waals surface area contributed by atoms with E-state index in [1.165, 1.54) is 4.88 Å². The number of anilines is 1. The maximum Gasteiger partial charge on any atom is 0.225 e. The number of aromatic nitrogens is 4. The third kappa shape index (κ3) is 2.69. The Morgan fingerprint density at radius 1 is 1.42 bits per heavy atom. The lowest BCUT2D eigenvalue weighted by Crippen LogP contribution is -2.10. The van der Waals surface area contributed by atoms with E-state index in [9.17, 15) is 0 Å². The fraction of sp³-hybridized carbons (Fsp3) is 0.250. The van der Waals surface area contributed by atoms with Crippen molar-refractivity contribution in [1.29, 1.82) is 0 Å². The summed E-state index contributed by atoms with van der Waals surface area (Å²) in [5.74, 6) is 0.791. The largest absolute Gasteiger partial charge is 0.368 e. The van der Waals surface area contributed by atoms with E-state index in [0.717, 1.165) is 29.1 Å². The second-order valence-electron chi connectivity index (χ2n) is 4.14. The lowest BCUT2D eigenvalue weighted by molar-refractivity contribution is 0.726. The van der Waals surface area contributed by atoms with Gasteiger partial charge in [-0.2, -0.15) is 0 Å². The molecule has 19 heavy (non-hydrogen) atoms. The summed E-state index contributed by atoms with van der Waals surface area (Å²) in [5, 5.41) is 4.61. The topological polar surface area (TPSA) is 55.6 Å². The van der Waals surface area contributed by atoms with Gasteiger partial charge in [0, 0.05) is 30.4 Å². The van der Waals surface area contributed by atoms with E-state index in [0.29, 0.717) is 0 Å². The van der Waals surface area contributed by atoms with E-state index >= 15 is 0 Å². The molecule has 1 N–H and O–H groups in total. The van der Waals surface area contributed by atoms with Crippen LogP contribution < -0.4 is 5.32 Å². The summed E-state index contributed by atoms with van der Waals surface area (Å²) in [4.78, 5) is 14.6. The molecule has 5 nitrogen and oxygen atoms in total. The number of rotatable bonds is 4. The second kappa shape index (κ2) is 5.14. The molecule has 0 spiro atoms. The number of nitrogens with zero attached hydrogens (tertiary/aromatic N) is 4. The van der Waals surface area contributed by atoms with E-state index in [1.54, 1.807) is 23.9 Å². The quantitative estimate of drug-likeness (QED) is 0.752. The standard InChI is InChI=1S/C12H12ClN5S/c1-8-6-9-10(16-12(13)17-11(9)19-8)15-3-5-18-4-2-14-7-18/h2,4,6-7H,3,5H2,1H3,(H,15,16,17). The normalized spacial score (nSPS) is 11.1. The Morgan fingerprint density at radius 3 is 3.11 bits per heavy atom. The average Bonchev–Trinajstić information content (AvgIpc) is 2.97. The van der Waals surface area contributed by atoms with Crippen LogP contribution in [0.1, 0.15) is 4.88 Å². The maximum atomic E-state index is 5.94. The van der Waals surface area contributed by atoms with Crippen molar-refractivity contribution < 1.29 is 0 Å². The molecule has 0 atom stereocenters. The van der Waals surface area contributed by atoms with Crippen molar-refractivity contribution in [1.82, 2.24) is 19.5 Å². The molecule has 3 aromatic rings. The van der Waals surface area contributed by atoms with Gasteiger partial charge in [0.05, 0.1) is 11.7 Å². The van der Waals surface area contributed by atoms with E-state index < -0.39 is 0 Å². The first-order valence-electron chi connectivity index (χ1n) is 5.85. The van der Waals surface area contributed by atoms with Gasteiger partial charge in [0.1, 0.15) is 10.6 Å². The fourth-order valence-electron chi connectivity index (χ4n) is 1.87. The van der Waals surface area contributed by atoms with Crippen LogP contribution in [0, 0.1) is 6.92 Å². The van der Waals surface area contributed by atoms with Crippen LogP contribution in [0.3, 0.4) is 0 Å². The molecule has 3 rings (SSSR count). The molecule has 0 aliphatic rings. The van der Waals surface area contributed by atoms with Crippen LogP contribution in [0.15, 0.2) is 24.8 Å². The van der Waals surface area contributed by atoms with E-state index in [2.05, 4.69) is 33.3 Å². The minimum atomic E-state index is 0.277. The molecular formula is C12H12ClN5S. The van der Waals surface area contributed by atoms with Gasteiger partial charge in [-0.1, -0.05) is 0 Å². The Bertz CT molecular complexity index is 692. The Kier molecular flexibility index (Phi) is 3.35. The van der Waals surface area contributed by atoms with Gasteiger partial charge in [-0.25, -0.2) is 15.0 Å². The third-order valence-electron chi connectivity index (χ3n) is 2.71. The van der Waals surface area contributed by atoms with Crippen molar-refractivity contribution in [3.05, 3.63) is 34.9 Å². The molecular weight excluding hydrogens is 282 g/mol. The molecule has 0 saturated carbocycles. The van der Waals surface area contributed by atoms with Gasteiger partial charge in [0.25, 0.3) is 0 Å². The van der Waals surface area contributed by atoms with Gasteiger partial charge < -0.3 is 9.88 Å². The average molecular weight is 294 g/mol. The summed E-state index contributed by atoms with van der Waals surface area (Å²) < 4.78 is 2.01. The highest BCUT2D eigenvalue weighted by atomic mass is 35.5. The number of nitrogens with one attached hydrogen (secondary N) is 1. The summed E-state index contributed by atoms with van der Waals surface area (Å²) in [6.07, 6.45) is 5.49. The molecule has 0 aliphatic heterocycles. The minimum absolute atomic E-state index is 0.277. The first-order chi connectivity index (χ1) is 9.22. The molecule has 3 heterocycles. The van der Waals surface area contributed by atoms with Crippen LogP contribution in [-0.2, 0) is 6.54 Å². The van der Waals surface area contributed by atoms with Crippen LogP contribution in [-0.4, -0.2) is 26.1 Å². The van der Waals surface area contributed by atoms with Crippen LogP contribution in [0.5, 0.6) is 0 Å². The second-order valence-corrected chi connectivity index (χ2v) is 5.72. The number of halogens is 1. The maximum absolute atomic E-state index is 5.94. The van der Waals surface area contributed by atoms with Crippen molar-refractivity contribution in [3.63, 3.8) is 0 Å². The lowest BCUT2D eigenvalue weighted by atomic mass is 10.3. The van der Waals surface area contributed by atoms with Crippen molar-refractivity contribution in [3.8, 4) is 0 Å². The molecule has 0 saturated heterocycles. The third-order valence-corrected chi connectivity index (χ3v) is 3.82. The first-order valence-corrected chi connectivity index (χ1v) is 7.05. The summed E-state index contributed by atoms with van der Waals surface area (Å²) in [6, 6.07) is 2.08. The summed E-state index contributed by atoms with van der Waals surface area (Å²) >= 11 is 7.56. The van der Waals surface area contributed by atoms with Crippen LogP contribution in [0.25, 0.3) is 10.2 Å². The number of hydrogen-bond acceptors (Lipinski definition) is 5. The van der Waals surface area contributed by atoms with E-state index in [4.69, 9.17) is 11.6 Å². The van der Waals surface area contributed by atoms with E-state index in [-0.39, 0.29) is 5.28 Å². The van der Waals surface area contributed by atoms with Crippen LogP contribution in [0.2, 0.25) is 5.28 Å². The monoisotopic (exact) mass is 293 g/mol. The van der Waals surface area contributed by atoms with Crippen molar-refractivity contribution in [2.45, 2.75) is 13.5 Å². The highest BCUT2D eigenvalue weighted by molar-refractivity contribution is 7.18. The Hall–Kier alpha value is -1.66. The SMILES string of the molecule is Cc1cc2c(NCCn3ccnc3)nc(Cl)nc2s1. The zero-order valence-electron chi connectivity index (χ0n) is 10.3. The lowest BCUT2D eigenvalue weighted by Gasteiger charge is -2.07. The highest BCUT2D eigenvalue weighted by Gasteiger charge is 2.09. The first kappa shape index (κ1) is 12.4. The number of imidazole rings is 1. The Morgan fingerprint density at radius 2 is 2.32 bits per heavy atom. The summed E-state index contributed by atoms with van der Waals surface area (Å²) in [5.41, 5.74) is 0. The minimum Gasteiger partial charge on any atom is -0.368 e. The molecule has 0 bridgehead atoms. The zero-order valence-corrected chi connectivity index (χ0v) is 11.9. The van der Waals surface area contributed by atoms with Gasteiger partial charge >= 0.3 is 0 Å². The van der Waals surface area contributed by atoms with Gasteiger partial charge in [-0.15, -0.1) is 11.3 Å². The predicted octanol–water partition coefficient (Wildman–Crippen LogP) is 2.96. The number of thiophene rings is 1. The van der Waals surface area contributed by atoms with Crippen molar-refractivity contribution >= 4 is 39.0 Å². The van der Waals surface area contributed by atoms with Gasteiger partial charge in [0.2, 0.25) is 5.28 Å².